The van der Waals surface area contributed by atoms with Gasteiger partial charge in [0.1, 0.15) is 11.6 Å². The van der Waals surface area contributed by atoms with E-state index < -0.39 is 0 Å². The van der Waals surface area contributed by atoms with Crippen LogP contribution >= 0.6 is 25.3 Å². The Bertz CT molecular complexity index is 518. The van der Waals surface area contributed by atoms with Crippen LogP contribution in [-0.4, -0.2) is 0 Å². The number of hydrogen-bond acceptors (Lipinski definition) is 2. The molecular formula is C14H10F2S2. The summed E-state index contributed by atoms with van der Waals surface area (Å²) in [6.45, 7) is 0. The number of benzene rings is 2. The molecule has 0 aliphatic carbocycles. The van der Waals surface area contributed by atoms with Crippen LogP contribution in [0.5, 0.6) is 0 Å². The summed E-state index contributed by atoms with van der Waals surface area (Å²) in [7, 11) is 0. The molecule has 0 aromatic heterocycles. The fourth-order valence-electron chi connectivity index (χ4n) is 1.49. The Kier molecular flexibility index (Phi) is 4.09. The van der Waals surface area contributed by atoms with Gasteiger partial charge in [-0.15, -0.1) is 25.3 Å². The zero-order chi connectivity index (χ0) is 13.1. The van der Waals surface area contributed by atoms with Gasteiger partial charge >= 0.3 is 0 Å². The van der Waals surface area contributed by atoms with Gasteiger partial charge in [-0.1, -0.05) is 24.3 Å². The molecule has 2 rings (SSSR count). The average molecular weight is 280 g/mol. The maximum Gasteiger partial charge on any atom is 0.123 e. The smallest absolute Gasteiger partial charge is 0.123 e. The lowest BCUT2D eigenvalue weighted by molar-refractivity contribution is 0.627. The van der Waals surface area contributed by atoms with Gasteiger partial charge in [0, 0.05) is 9.81 Å². The van der Waals surface area contributed by atoms with Crippen molar-refractivity contribution in [1.29, 1.82) is 0 Å². The Morgan fingerprint density at radius 2 is 0.889 bits per heavy atom. The van der Waals surface area contributed by atoms with E-state index in [0.29, 0.717) is 9.81 Å². The molecule has 0 unspecified atom stereocenters. The molecule has 0 fully saturated rings. The summed E-state index contributed by atoms with van der Waals surface area (Å²) in [5, 5.41) is 0. The van der Waals surface area contributed by atoms with E-state index in [1.807, 2.05) is 0 Å². The molecule has 0 amide bonds. The van der Waals surface area contributed by atoms with Crippen molar-refractivity contribution in [2.45, 2.75) is 0 Å². The Balaban J connectivity index is 2.40. The molecule has 2 aromatic carbocycles. The summed E-state index contributed by atoms with van der Waals surface area (Å²) in [4.78, 5) is 1.23. The molecule has 0 spiro atoms. The average Bonchev–Trinajstić information content (AvgIpc) is 2.39. The Hall–Kier alpha value is -1.26. The molecule has 18 heavy (non-hydrogen) atoms. The van der Waals surface area contributed by atoms with Crippen LogP contribution in [0.2, 0.25) is 0 Å². The lowest BCUT2D eigenvalue weighted by Gasteiger charge is -2.07. The second kappa shape index (κ2) is 5.59. The minimum absolute atomic E-state index is 0.303. The SMILES string of the molecule is Fc1ccc(C(S)=C(S)c2ccc(F)cc2)cc1. The molecule has 0 saturated carbocycles. The van der Waals surface area contributed by atoms with Crippen molar-refractivity contribution < 1.29 is 8.78 Å². The van der Waals surface area contributed by atoms with Crippen molar-refractivity contribution in [2.24, 2.45) is 0 Å². The van der Waals surface area contributed by atoms with Crippen molar-refractivity contribution >= 4 is 35.1 Å². The van der Waals surface area contributed by atoms with Crippen molar-refractivity contribution in [2.75, 3.05) is 0 Å². The third kappa shape index (κ3) is 2.94. The largest absolute Gasteiger partial charge is 0.207 e. The summed E-state index contributed by atoms with van der Waals surface area (Å²) in [5.74, 6) is -0.607. The third-order valence-electron chi connectivity index (χ3n) is 2.46. The first-order chi connectivity index (χ1) is 8.58. The van der Waals surface area contributed by atoms with Crippen LogP contribution in [0.15, 0.2) is 48.5 Å². The second-order valence-corrected chi connectivity index (χ2v) is 4.61. The van der Waals surface area contributed by atoms with Gasteiger partial charge in [-0.2, -0.15) is 0 Å². The summed E-state index contributed by atoms with van der Waals surface area (Å²) in [5.41, 5.74) is 1.52. The molecule has 0 atom stereocenters. The number of halogens is 2. The van der Waals surface area contributed by atoms with E-state index in [1.54, 1.807) is 24.3 Å². The third-order valence-corrected chi connectivity index (χ3v) is 3.60. The van der Waals surface area contributed by atoms with E-state index >= 15 is 0 Å². The maximum atomic E-state index is 12.8. The molecule has 0 nitrogen and oxygen atoms in total. The predicted octanol–water partition coefficient (Wildman–Crippen LogP) is 4.65. The summed E-state index contributed by atoms with van der Waals surface area (Å²) in [6.07, 6.45) is 0. The van der Waals surface area contributed by atoms with Gasteiger partial charge in [-0.3, -0.25) is 0 Å². The number of hydrogen-bond donors (Lipinski definition) is 2. The zero-order valence-electron chi connectivity index (χ0n) is 9.27. The molecule has 0 bridgehead atoms. The lowest BCUT2D eigenvalue weighted by atomic mass is 10.1. The highest BCUT2D eigenvalue weighted by atomic mass is 32.1. The van der Waals surface area contributed by atoms with Gasteiger partial charge in [0.25, 0.3) is 0 Å². The first kappa shape index (κ1) is 13.2. The molecule has 0 heterocycles. The van der Waals surface area contributed by atoms with Crippen LogP contribution < -0.4 is 0 Å². The minimum Gasteiger partial charge on any atom is -0.207 e. The standard InChI is InChI=1S/C14H10F2S2/c15-11-5-1-9(2-6-11)13(17)14(18)10-3-7-12(16)8-4-10/h1-8,17-18H. The number of rotatable bonds is 2. The van der Waals surface area contributed by atoms with Gasteiger partial charge in [0.05, 0.1) is 0 Å². The van der Waals surface area contributed by atoms with Crippen molar-refractivity contribution in [3.63, 3.8) is 0 Å². The highest BCUT2D eigenvalue weighted by Crippen LogP contribution is 2.31. The summed E-state index contributed by atoms with van der Waals surface area (Å²) in [6, 6.07) is 11.9. The van der Waals surface area contributed by atoms with Gasteiger partial charge in [0.2, 0.25) is 0 Å². The molecule has 0 aliphatic rings. The molecule has 4 heteroatoms. The summed E-state index contributed by atoms with van der Waals surface area (Å²) >= 11 is 8.75. The maximum absolute atomic E-state index is 12.8. The van der Waals surface area contributed by atoms with Gasteiger partial charge in [-0.25, -0.2) is 8.78 Å². The molecular weight excluding hydrogens is 270 g/mol. The fraction of sp³-hybridized carbons (Fsp3) is 0. The Morgan fingerprint density at radius 3 is 1.17 bits per heavy atom. The topological polar surface area (TPSA) is 0 Å². The Morgan fingerprint density at radius 1 is 0.611 bits per heavy atom. The van der Waals surface area contributed by atoms with Crippen LogP contribution in [0.3, 0.4) is 0 Å². The van der Waals surface area contributed by atoms with Gasteiger partial charge in [0.15, 0.2) is 0 Å². The minimum atomic E-state index is -0.303. The van der Waals surface area contributed by atoms with Crippen LogP contribution in [-0.2, 0) is 0 Å². The zero-order valence-corrected chi connectivity index (χ0v) is 11.1. The Labute approximate surface area is 115 Å². The van der Waals surface area contributed by atoms with E-state index in [-0.39, 0.29) is 11.6 Å². The fourth-order valence-corrected chi connectivity index (χ4v) is 2.05. The van der Waals surface area contributed by atoms with E-state index in [1.165, 1.54) is 24.3 Å². The van der Waals surface area contributed by atoms with Crippen LogP contribution in [0.1, 0.15) is 11.1 Å². The number of thiol groups is 2. The van der Waals surface area contributed by atoms with E-state index in [0.717, 1.165) is 11.1 Å². The molecule has 0 N–H and O–H groups in total. The van der Waals surface area contributed by atoms with Gasteiger partial charge < -0.3 is 0 Å². The molecule has 2 aromatic rings. The van der Waals surface area contributed by atoms with Crippen LogP contribution in [0.25, 0.3) is 9.81 Å². The lowest BCUT2D eigenvalue weighted by Crippen LogP contribution is -1.84. The summed E-state index contributed by atoms with van der Waals surface area (Å²) < 4.78 is 25.6. The molecule has 0 aliphatic heterocycles. The van der Waals surface area contributed by atoms with Gasteiger partial charge in [-0.05, 0) is 35.4 Å². The highest BCUT2D eigenvalue weighted by molar-refractivity contribution is 7.96. The first-order valence-electron chi connectivity index (χ1n) is 5.22. The molecule has 92 valence electrons. The van der Waals surface area contributed by atoms with E-state index in [9.17, 15) is 8.78 Å². The van der Waals surface area contributed by atoms with Crippen molar-refractivity contribution in [3.05, 3.63) is 71.3 Å². The quantitative estimate of drug-likeness (QED) is 0.580. The first-order valence-corrected chi connectivity index (χ1v) is 6.11. The normalized spacial score (nSPS) is 12.2. The molecule has 0 saturated heterocycles. The van der Waals surface area contributed by atoms with E-state index in [2.05, 4.69) is 25.3 Å². The van der Waals surface area contributed by atoms with E-state index in [4.69, 9.17) is 0 Å². The second-order valence-electron chi connectivity index (χ2n) is 3.71. The van der Waals surface area contributed by atoms with Crippen molar-refractivity contribution in [3.8, 4) is 0 Å². The van der Waals surface area contributed by atoms with Crippen LogP contribution in [0.4, 0.5) is 8.78 Å². The molecule has 0 radical (unpaired) electrons. The predicted molar refractivity (Wildman–Crippen MR) is 77.6 cm³/mol. The van der Waals surface area contributed by atoms with Crippen LogP contribution in [0, 0.1) is 11.6 Å². The monoisotopic (exact) mass is 280 g/mol. The highest BCUT2D eigenvalue weighted by Gasteiger charge is 2.05. The van der Waals surface area contributed by atoms with Crippen molar-refractivity contribution in [1.82, 2.24) is 0 Å².